The van der Waals surface area contributed by atoms with Gasteiger partial charge in [-0.05, 0) is 50.0 Å². The van der Waals surface area contributed by atoms with Gasteiger partial charge in [-0.3, -0.25) is 4.79 Å². The van der Waals surface area contributed by atoms with Gasteiger partial charge in [0.05, 0.1) is 17.9 Å². The van der Waals surface area contributed by atoms with Crippen LogP contribution in [0.15, 0.2) is 34.8 Å². The maximum atomic E-state index is 13.6. The van der Waals surface area contributed by atoms with Crippen LogP contribution in [0.1, 0.15) is 79.6 Å². The Bertz CT molecular complexity index is 930. The van der Waals surface area contributed by atoms with E-state index in [-0.39, 0.29) is 5.56 Å². The Kier molecular flexibility index (Phi) is 9.96. The predicted molar refractivity (Wildman–Crippen MR) is 131 cm³/mol. The monoisotopic (exact) mass is 428 g/mol. The van der Waals surface area contributed by atoms with E-state index >= 15 is 0 Å². The van der Waals surface area contributed by atoms with E-state index in [4.69, 9.17) is 15.2 Å². The number of allylic oxidation sites excluding steroid dienone is 2. The molecule has 0 spiro atoms. The molecule has 1 aromatic carbocycles. The molecule has 2 rings (SSSR count). The number of anilines is 1. The standard InChI is InChI=1S/C26H40N2O3/c1-6-10-11-12-16-28-23-17-20(27)14-15-22(23)24(31-21(8-3)9-4)25(26(28)29)30-18-19(5)13-7-2/h8,14-15,17,19H,6-7,9-13,16,18,27H2,1-5H3. The molecule has 0 aliphatic heterocycles. The number of aromatic nitrogens is 1. The number of unbranched alkanes of at least 4 members (excludes halogenated alkanes) is 3. The topological polar surface area (TPSA) is 66.5 Å². The zero-order chi connectivity index (χ0) is 22.8. The second-order valence-electron chi connectivity index (χ2n) is 8.37. The van der Waals surface area contributed by atoms with Gasteiger partial charge in [-0.1, -0.05) is 53.4 Å². The third-order valence-electron chi connectivity index (χ3n) is 5.64. The molecular weight excluding hydrogens is 388 g/mol. The Morgan fingerprint density at radius 1 is 1.13 bits per heavy atom. The van der Waals surface area contributed by atoms with Crippen LogP contribution < -0.4 is 20.8 Å². The molecule has 172 valence electrons. The summed E-state index contributed by atoms with van der Waals surface area (Å²) >= 11 is 0. The number of hydrogen-bond donors (Lipinski definition) is 1. The summed E-state index contributed by atoms with van der Waals surface area (Å²) in [5, 5.41) is 0.857. The van der Waals surface area contributed by atoms with E-state index in [0.29, 0.717) is 36.3 Å². The molecule has 0 amide bonds. The minimum atomic E-state index is -0.139. The number of ether oxygens (including phenoxy) is 2. The van der Waals surface area contributed by atoms with Crippen molar-refractivity contribution in [3.05, 3.63) is 40.4 Å². The van der Waals surface area contributed by atoms with Gasteiger partial charge in [0.2, 0.25) is 5.75 Å². The van der Waals surface area contributed by atoms with Gasteiger partial charge in [0.25, 0.3) is 5.56 Å². The Balaban J connectivity index is 2.62. The van der Waals surface area contributed by atoms with Crippen molar-refractivity contribution in [3.8, 4) is 11.5 Å². The predicted octanol–water partition coefficient (Wildman–Crippen LogP) is 6.67. The number of aryl methyl sites for hydroxylation is 1. The van der Waals surface area contributed by atoms with E-state index in [2.05, 4.69) is 20.8 Å². The van der Waals surface area contributed by atoms with Crippen LogP contribution in [-0.2, 0) is 6.54 Å². The van der Waals surface area contributed by atoms with Crippen molar-refractivity contribution in [2.24, 2.45) is 5.92 Å². The van der Waals surface area contributed by atoms with Gasteiger partial charge in [0.1, 0.15) is 0 Å². The maximum absolute atomic E-state index is 13.6. The lowest BCUT2D eigenvalue weighted by molar-refractivity contribution is 0.237. The number of nitrogens with zero attached hydrogens (tertiary/aromatic N) is 1. The average Bonchev–Trinajstić information content (AvgIpc) is 2.76. The van der Waals surface area contributed by atoms with Crippen molar-refractivity contribution in [3.63, 3.8) is 0 Å². The zero-order valence-corrected chi connectivity index (χ0v) is 20.0. The van der Waals surface area contributed by atoms with Crippen molar-refractivity contribution in [1.29, 1.82) is 0 Å². The Hall–Kier alpha value is -2.43. The van der Waals surface area contributed by atoms with Crippen molar-refractivity contribution in [2.45, 2.75) is 86.1 Å². The number of rotatable bonds is 13. The van der Waals surface area contributed by atoms with Gasteiger partial charge in [0.15, 0.2) is 5.75 Å². The van der Waals surface area contributed by atoms with Crippen molar-refractivity contribution < 1.29 is 9.47 Å². The average molecular weight is 429 g/mol. The Morgan fingerprint density at radius 2 is 1.90 bits per heavy atom. The van der Waals surface area contributed by atoms with Crippen LogP contribution in [0, 0.1) is 5.92 Å². The number of benzene rings is 1. The summed E-state index contributed by atoms with van der Waals surface area (Å²) in [6.45, 7) is 11.6. The first-order valence-electron chi connectivity index (χ1n) is 11.9. The van der Waals surface area contributed by atoms with Crippen LogP contribution in [0.3, 0.4) is 0 Å². The number of pyridine rings is 1. The molecule has 5 heteroatoms. The molecule has 5 nitrogen and oxygen atoms in total. The SMILES string of the molecule is CC=C(CC)Oc1c(OCC(C)CCC)c(=O)n(CCCCCC)c2cc(N)ccc12. The molecule has 1 aromatic heterocycles. The van der Waals surface area contributed by atoms with Crippen molar-refractivity contribution in [2.75, 3.05) is 12.3 Å². The third-order valence-corrected chi connectivity index (χ3v) is 5.64. The highest BCUT2D eigenvalue weighted by molar-refractivity contribution is 5.90. The molecule has 0 radical (unpaired) electrons. The fourth-order valence-corrected chi connectivity index (χ4v) is 3.83. The van der Waals surface area contributed by atoms with Crippen LogP contribution in [0.2, 0.25) is 0 Å². The molecule has 31 heavy (non-hydrogen) atoms. The highest BCUT2D eigenvalue weighted by Crippen LogP contribution is 2.36. The molecule has 1 atom stereocenters. The highest BCUT2D eigenvalue weighted by atomic mass is 16.5. The molecule has 1 heterocycles. The lowest BCUT2D eigenvalue weighted by Gasteiger charge is -2.20. The summed E-state index contributed by atoms with van der Waals surface area (Å²) in [6, 6.07) is 5.66. The number of nitrogens with two attached hydrogens (primary N) is 1. The smallest absolute Gasteiger partial charge is 0.297 e. The van der Waals surface area contributed by atoms with Crippen LogP contribution in [0.5, 0.6) is 11.5 Å². The first-order chi connectivity index (χ1) is 15.0. The summed E-state index contributed by atoms with van der Waals surface area (Å²) in [5.74, 6) is 1.99. The molecule has 0 aliphatic rings. The fourth-order valence-electron chi connectivity index (χ4n) is 3.83. The van der Waals surface area contributed by atoms with E-state index in [1.165, 1.54) is 0 Å². The summed E-state index contributed by atoms with van der Waals surface area (Å²) in [7, 11) is 0. The van der Waals surface area contributed by atoms with E-state index in [0.717, 1.165) is 61.6 Å². The first kappa shape index (κ1) is 24.8. The Labute approximate surface area is 187 Å². The minimum Gasteiger partial charge on any atom is -0.485 e. The number of fused-ring (bicyclic) bond motifs is 1. The Morgan fingerprint density at radius 3 is 2.55 bits per heavy atom. The van der Waals surface area contributed by atoms with Crippen LogP contribution in [-0.4, -0.2) is 11.2 Å². The van der Waals surface area contributed by atoms with Crippen molar-refractivity contribution >= 4 is 16.6 Å². The van der Waals surface area contributed by atoms with Crippen LogP contribution >= 0.6 is 0 Å². The molecule has 0 fully saturated rings. The number of hydrogen-bond acceptors (Lipinski definition) is 4. The summed E-state index contributed by atoms with van der Waals surface area (Å²) in [6.07, 6.45) is 9.16. The minimum absolute atomic E-state index is 0.139. The maximum Gasteiger partial charge on any atom is 0.297 e. The van der Waals surface area contributed by atoms with Gasteiger partial charge < -0.3 is 19.8 Å². The normalized spacial score (nSPS) is 12.9. The first-order valence-corrected chi connectivity index (χ1v) is 11.9. The highest BCUT2D eigenvalue weighted by Gasteiger charge is 2.21. The third kappa shape index (κ3) is 6.52. The van der Waals surface area contributed by atoms with E-state index in [1.807, 2.05) is 42.7 Å². The second-order valence-corrected chi connectivity index (χ2v) is 8.37. The second kappa shape index (κ2) is 12.4. The quantitative estimate of drug-likeness (QED) is 0.220. The van der Waals surface area contributed by atoms with E-state index < -0.39 is 0 Å². The molecular formula is C26H40N2O3. The summed E-state index contributed by atoms with van der Waals surface area (Å²) in [4.78, 5) is 13.6. The van der Waals surface area contributed by atoms with Gasteiger partial charge >= 0.3 is 0 Å². The molecule has 2 aromatic rings. The van der Waals surface area contributed by atoms with Gasteiger partial charge in [-0.2, -0.15) is 0 Å². The van der Waals surface area contributed by atoms with Gasteiger partial charge in [0, 0.05) is 24.0 Å². The lowest BCUT2D eigenvalue weighted by atomic mass is 10.1. The van der Waals surface area contributed by atoms with Gasteiger partial charge in [-0.25, -0.2) is 0 Å². The largest absolute Gasteiger partial charge is 0.485 e. The molecule has 0 saturated heterocycles. The van der Waals surface area contributed by atoms with Crippen LogP contribution in [0.4, 0.5) is 5.69 Å². The summed E-state index contributed by atoms with van der Waals surface area (Å²) < 4.78 is 14.2. The summed E-state index contributed by atoms with van der Waals surface area (Å²) in [5.41, 5.74) is 7.39. The molecule has 0 bridgehead atoms. The van der Waals surface area contributed by atoms with E-state index in [9.17, 15) is 4.79 Å². The van der Waals surface area contributed by atoms with Crippen LogP contribution in [0.25, 0.3) is 10.9 Å². The molecule has 0 aliphatic carbocycles. The zero-order valence-electron chi connectivity index (χ0n) is 20.0. The van der Waals surface area contributed by atoms with E-state index in [1.54, 1.807) is 0 Å². The molecule has 2 N–H and O–H groups in total. The lowest BCUT2D eigenvalue weighted by Crippen LogP contribution is -2.25. The fraction of sp³-hybridized carbons (Fsp3) is 0.577. The number of nitrogen functional groups attached to an aromatic ring is 1. The van der Waals surface area contributed by atoms with Gasteiger partial charge in [-0.15, -0.1) is 0 Å². The molecule has 0 saturated carbocycles. The van der Waals surface area contributed by atoms with Crippen molar-refractivity contribution in [1.82, 2.24) is 4.57 Å². The molecule has 1 unspecified atom stereocenters.